The molecule has 1 aliphatic rings. The van der Waals surface area contributed by atoms with Gasteiger partial charge in [0.05, 0.1) is 6.04 Å². The largest absolute Gasteiger partial charge is 0.489 e. The number of carboxylic acid groups (broad SMARTS) is 1. The molecule has 1 aliphatic heterocycles. The van der Waals surface area contributed by atoms with Crippen LogP contribution in [0.25, 0.3) is 0 Å². The van der Waals surface area contributed by atoms with Gasteiger partial charge in [0.1, 0.15) is 18.4 Å². The summed E-state index contributed by atoms with van der Waals surface area (Å²) in [7, 11) is 0. The fraction of sp³-hybridized carbons (Fsp3) is 0.364. The van der Waals surface area contributed by atoms with Gasteiger partial charge in [-0.2, -0.15) is 0 Å². The molecule has 8 heteroatoms. The van der Waals surface area contributed by atoms with Gasteiger partial charge in [-0.25, -0.2) is 4.79 Å². The first-order valence-electron chi connectivity index (χ1n) is 9.35. The SMILES string of the molecule is C.O=C(N[C@@H](Cc1ccc(OCc2c(Cl)cccc2Cl)cc1)C(=O)O)C1CCCN1. The van der Waals surface area contributed by atoms with Crippen LogP contribution in [-0.2, 0) is 22.6 Å². The van der Waals surface area contributed by atoms with Crippen LogP contribution < -0.4 is 15.4 Å². The molecule has 1 unspecified atom stereocenters. The van der Waals surface area contributed by atoms with Crippen molar-refractivity contribution < 1.29 is 19.4 Å². The minimum Gasteiger partial charge on any atom is -0.489 e. The van der Waals surface area contributed by atoms with Crippen molar-refractivity contribution in [3.63, 3.8) is 0 Å². The maximum Gasteiger partial charge on any atom is 0.326 e. The predicted octanol–water partition coefficient (Wildman–Crippen LogP) is 4.07. The Morgan fingerprint density at radius 1 is 1.17 bits per heavy atom. The maximum atomic E-state index is 12.2. The van der Waals surface area contributed by atoms with Gasteiger partial charge in [-0.3, -0.25) is 4.79 Å². The number of amides is 1. The lowest BCUT2D eigenvalue weighted by molar-refractivity contribution is -0.142. The highest BCUT2D eigenvalue weighted by molar-refractivity contribution is 6.35. The van der Waals surface area contributed by atoms with Crippen LogP contribution in [0.4, 0.5) is 0 Å². The standard InChI is InChI=1S/C21H22Cl2N2O4.CH4/c22-16-3-1-4-17(23)15(16)12-29-14-8-6-13(7-9-14)11-19(21(27)28)25-20(26)18-5-2-10-24-18;/h1,3-4,6-9,18-19,24H,2,5,10-12H2,(H,25,26)(H,27,28);1H4/t18?,19-;/m0./s1. The minimum atomic E-state index is -1.06. The molecule has 30 heavy (non-hydrogen) atoms. The molecule has 1 heterocycles. The number of ether oxygens (including phenoxy) is 1. The van der Waals surface area contributed by atoms with Gasteiger partial charge in [0.15, 0.2) is 0 Å². The van der Waals surface area contributed by atoms with Crippen molar-refractivity contribution in [2.75, 3.05) is 6.54 Å². The van der Waals surface area contributed by atoms with Crippen molar-refractivity contribution in [2.45, 2.75) is 45.4 Å². The van der Waals surface area contributed by atoms with Crippen LogP contribution in [0.3, 0.4) is 0 Å². The monoisotopic (exact) mass is 452 g/mol. The molecule has 1 amide bonds. The molecule has 1 fully saturated rings. The first kappa shape index (κ1) is 24.0. The lowest BCUT2D eigenvalue weighted by Gasteiger charge is -2.18. The summed E-state index contributed by atoms with van der Waals surface area (Å²) in [6, 6.07) is 11.0. The van der Waals surface area contributed by atoms with E-state index in [-0.39, 0.29) is 32.4 Å². The molecule has 2 aromatic rings. The Morgan fingerprint density at radius 3 is 2.40 bits per heavy atom. The van der Waals surface area contributed by atoms with E-state index < -0.39 is 12.0 Å². The summed E-state index contributed by atoms with van der Waals surface area (Å²) in [5.41, 5.74) is 1.48. The van der Waals surface area contributed by atoms with E-state index in [1.807, 2.05) is 0 Å². The number of rotatable bonds is 8. The fourth-order valence-corrected chi connectivity index (χ4v) is 3.67. The Hall–Kier alpha value is -2.28. The number of carbonyl (C=O) groups excluding carboxylic acids is 1. The van der Waals surface area contributed by atoms with Crippen LogP contribution in [-0.4, -0.2) is 35.6 Å². The number of carbonyl (C=O) groups is 2. The molecular weight excluding hydrogens is 427 g/mol. The van der Waals surface area contributed by atoms with Gasteiger partial charge >= 0.3 is 5.97 Å². The Kier molecular flexibility index (Phi) is 8.96. The summed E-state index contributed by atoms with van der Waals surface area (Å²) in [5.74, 6) is -0.729. The molecule has 2 atom stereocenters. The average Bonchev–Trinajstić information content (AvgIpc) is 3.23. The van der Waals surface area contributed by atoms with Crippen molar-refractivity contribution in [2.24, 2.45) is 0 Å². The molecule has 0 aromatic heterocycles. The number of benzene rings is 2. The molecule has 0 spiro atoms. The molecule has 0 bridgehead atoms. The summed E-state index contributed by atoms with van der Waals surface area (Å²) < 4.78 is 5.73. The van der Waals surface area contributed by atoms with Gasteiger partial charge < -0.3 is 20.5 Å². The zero-order chi connectivity index (χ0) is 20.8. The van der Waals surface area contributed by atoms with Crippen LogP contribution in [0.5, 0.6) is 5.75 Å². The molecule has 3 rings (SSSR count). The summed E-state index contributed by atoms with van der Waals surface area (Å²) in [6.07, 6.45) is 1.82. The van der Waals surface area contributed by atoms with Gasteiger partial charge in [0.25, 0.3) is 0 Å². The van der Waals surface area contributed by atoms with E-state index in [1.165, 1.54) is 0 Å². The van der Waals surface area contributed by atoms with Crippen LogP contribution >= 0.6 is 23.2 Å². The van der Waals surface area contributed by atoms with E-state index in [1.54, 1.807) is 42.5 Å². The molecule has 162 valence electrons. The van der Waals surface area contributed by atoms with E-state index in [2.05, 4.69) is 10.6 Å². The Balaban J connectivity index is 0.00000320. The lowest BCUT2D eigenvalue weighted by atomic mass is 10.1. The van der Waals surface area contributed by atoms with Gasteiger partial charge in [-0.1, -0.05) is 48.8 Å². The predicted molar refractivity (Wildman–Crippen MR) is 118 cm³/mol. The molecule has 0 radical (unpaired) electrons. The molecule has 0 saturated carbocycles. The number of halogens is 2. The topological polar surface area (TPSA) is 87.7 Å². The first-order valence-corrected chi connectivity index (χ1v) is 10.1. The smallest absolute Gasteiger partial charge is 0.326 e. The van der Waals surface area contributed by atoms with Crippen molar-refractivity contribution >= 4 is 35.1 Å². The number of hydrogen-bond donors (Lipinski definition) is 3. The van der Waals surface area contributed by atoms with Gasteiger partial charge in [-0.05, 0) is 49.2 Å². The van der Waals surface area contributed by atoms with Crippen molar-refractivity contribution in [1.29, 1.82) is 0 Å². The second kappa shape index (κ2) is 11.2. The zero-order valence-electron chi connectivity index (χ0n) is 15.7. The van der Waals surface area contributed by atoms with Crippen LogP contribution in [0.2, 0.25) is 10.0 Å². The third-order valence-corrected chi connectivity index (χ3v) is 5.51. The van der Waals surface area contributed by atoms with Crippen LogP contribution in [0.15, 0.2) is 42.5 Å². The summed E-state index contributed by atoms with van der Waals surface area (Å²) >= 11 is 12.3. The van der Waals surface area contributed by atoms with E-state index in [0.29, 0.717) is 21.4 Å². The summed E-state index contributed by atoms with van der Waals surface area (Å²) in [4.78, 5) is 23.8. The van der Waals surface area contributed by atoms with Crippen LogP contribution in [0, 0.1) is 0 Å². The number of carboxylic acids is 1. The second-order valence-electron chi connectivity index (χ2n) is 6.89. The maximum absolute atomic E-state index is 12.2. The van der Waals surface area contributed by atoms with Crippen LogP contribution in [0.1, 0.15) is 31.4 Å². The second-order valence-corrected chi connectivity index (χ2v) is 7.70. The quantitative estimate of drug-likeness (QED) is 0.561. The van der Waals surface area contributed by atoms with Crippen molar-refractivity contribution in [3.8, 4) is 5.75 Å². The number of hydrogen-bond acceptors (Lipinski definition) is 4. The first-order chi connectivity index (χ1) is 13.9. The fourth-order valence-electron chi connectivity index (χ4n) is 3.16. The number of nitrogens with one attached hydrogen (secondary N) is 2. The van der Waals surface area contributed by atoms with Crippen molar-refractivity contribution in [1.82, 2.24) is 10.6 Å². The lowest BCUT2D eigenvalue weighted by Crippen LogP contribution is -2.49. The van der Waals surface area contributed by atoms with Gasteiger partial charge in [0.2, 0.25) is 5.91 Å². The highest BCUT2D eigenvalue weighted by Gasteiger charge is 2.27. The normalized spacial score (nSPS) is 16.4. The Bertz CT molecular complexity index is 848. The highest BCUT2D eigenvalue weighted by Crippen LogP contribution is 2.26. The summed E-state index contributed by atoms with van der Waals surface area (Å²) in [6.45, 7) is 0.997. The molecule has 2 aromatic carbocycles. The molecular formula is C22H26Cl2N2O4. The van der Waals surface area contributed by atoms with E-state index in [9.17, 15) is 14.7 Å². The van der Waals surface area contributed by atoms with Crippen molar-refractivity contribution in [3.05, 3.63) is 63.6 Å². The molecule has 1 saturated heterocycles. The minimum absolute atomic E-state index is 0. The molecule has 0 aliphatic carbocycles. The zero-order valence-corrected chi connectivity index (χ0v) is 17.2. The van der Waals surface area contributed by atoms with E-state index in [4.69, 9.17) is 27.9 Å². The number of aliphatic carboxylic acids is 1. The Labute approximate surface area is 186 Å². The third kappa shape index (κ3) is 6.36. The molecule has 6 nitrogen and oxygen atoms in total. The van der Waals surface area contributed by atoms with Gasteiger partial charge in [0, 0.05) is 22.0 Å². The Morgan fingerprint density at radius 2 is 1.83 bits per heavy atom. The van der Waals surface area contributed by atoms with E-state index >= 15 is 0 Å². The highest BCUT2D eigenvalue weighted by atomic mass is 35.5. The molecule has 3 N–H and O–H groups in total. The van der Waals surface area contributed by atoms with E-state index in [0.717, 1.165) is 24.9 Å². The third-order valence-electron chi connectivity index (χ3n) is 4.80. The average molecular weight is 453 g/mol. The van der Waals surface area contributed by atoms with Gasteiger partial charge in [-0.15, -0.1) is 0 Å². The summed E-state index contributed by atoms with van der Waals surface area (Å²) in [5, 5.41) is 16.2.